The van der Waals surface area contributed by atoms with Crippen LogP contribution in [0.25, 0.3) is 0 Å². The molecule has 1 nitrogen and oxygen atoms in total. The van der Waals surface area contributed by atoms with Crippen LogP contribution in [0.5, 0.6) is 0 Å². The Labute approximate surface area is 95.2 Å². The standard InChI is InChI=1S/C9H8BrF2N.ClH/c10-7-4-2-1-3-6(7)8(13)5-9(8,11)12;/h1-4H,5,13H2;1H. The van der Waals surface area contributed by atoms with Crippen molar-refractivity contribution in [3.63, 3.8) is 0 Å². The molecule has 2 rings (SSSR count). The molecule has 2 N–H and O–H groups in total. The van der Waals surface area contributed by atoms with Crippen LogP contribution in [0.1, 0.15) is 12.0 Å². The van der Waals surface area contributed by atoms with Crippen LogP contribution in [0.3, 0.4) is 0 Å². The molecule has 0 aromatic heterocycles. The molecule has 1 unspecified atom stereocenters. The molecule has 0 amide bonds. The number of nitrogens with two attached hydrogens (primary N) is 1. The first-order valence-electron chi connectivity index (χ1n) is 3.89. The van der Waals surface area contributed by atoms with E-state index in [9.17, 15) is 8.78 Å². The predicted molar refractivity (Wildman–Crippen MR) is 56.8 cm³/mol. The Morgan fingerprint density at radius 2 is 1.79 bits per heavy atom. The zero-order chi connectivity index (χ0) is 9.69. The van der Waals surface area contributed by atoms with Crippen LogP contribution >= 0.6 is 28.3 Å². The van der Waals surface area contributed by atoms with Crippen molar-refractivity contribution in [1.29, 1.82) is 0 Å². The first kappa shape index (κ1) is 11.9. The van der Waals surface area contributed by atoms with Crippen molar-refractivity contribution in [2.75, 3.05) is 0 Å². The Hall–Kier alpha value is -0.190. The highest BCUT2D eigenvalue weighted by molar-refractivity contribution is 9.10. The van der Waals surface area contributed by atoms with Gasteiger partial charge in [-0.05, 0) is 11.6 Å². The predicted octanol–water partition coefficient (Wildman–Crippen LogP) is 3.06. The van der Waals surface area contributed by atoms with Gasteiger partial charge in [0.15, 0.2) is 0 Å². The first-order chi connectivity index (χ1) is 5.97. The molecule has 14 heavy (non-hydrogen) atoms. The zero-order valence-corrected chi connectivity index (χ0v) is 9.54. The smallest absolute Gasteiger partial charge is 0.272 e. The van der Waals surface area contributed by atoms with Gasteiger partial charge in [-0.15, -0.1) is 12.4 Å². The molecule has 0 aliphatic heterocycles. The van der Waals surface area contributed by atoms with Crippen molar-refractivity contribution in [2.24, 2.45) is 5.73 Å². The van der Waals surface area contributed by atoms with Crippen LogP contribution in [0, 0.1) is 0 Å². The van der Waals surface area contributed by atoms with Crippen LogP contribution in [-0.2, 0) is 5.54 Å². The van der Waals surface area contributed by atoms with E-state index in [1.807, 2.05) is 0 Å². The molecule has 0 heterocycles. The minimum absolute atomic E-state index is 0. The van der Waals surface area contributed by atoms with Gasteiger partial charge in [-0.2, -0.15) is 0 Å². The summed E-state index contributed by atoms with van der Waals surface area (Å²) >= 11 is 3.21. The Morgan fingerprint density at radius 1 is 1.29 bits per heavy atom. The van der Waals surface area contributed by atoms with Crippen molar-refractivity contribution in [3.05, 3.63) is 34.3 Å². The number of rotatable bonds is 1. The van der Waals surface area contributed by atoms with Gasteiger partial charge in [0.05, 0.1) is 0 Å². The maximum Gasteiger partial charge on any atom is 0.272 e. The summed E-state index contributed by atoms with van der Waals surface area (Å²) in [5, 5.41) is 0. The highest BCUT2D eigenvalue weighted by atomic mass is 79.9. The van der Waals surface area contributed by atoms with Crippen molar-refractivity contribution in [3.8, 4) is 0 Å². The number of alkyl halides is 2. The molecule has 1 aliphatic carbocycles. The third-order valence-corrected chi connectivity index (χ3v) is 3.07. The molecule has 1 atom stereocenters. The molecule has 0 spiro atoms. The summed E-state index contributed by atoms with van der Waals surface area (Å²) in [4.78, 5) is 0. The monoisotopic (exact) mass is 283 g/mol. The van der Waals surface area contributed by atoms with E-state index >= 15 is 0 Å². The lowest BCUT2D eigenvalue weighted by molar-refractivity contribution is 0.0889. The third kappa shape index (κ3) is 1.55. The SMILES string of the molecule is Cl.NC1(c2ccccc2Br)CC1(F)F. The topological polar surface area (TPSA) is 26.0 Å². The summed E-state index contributed by atoms with van der Waals surface area (Å²) in [6.07, 6.45) is -0.261. The lowest BCUT2D eigenvalue weighted by atomic mass is 10.1. The molecule has 5 heteroatoms. The fourth-order valence-corrected chi connectivity index (χ4v) is 2.06. The lowest BCUT2D eigenvalue weighted by Gasteiger charge is -2.12. The average Bonchev–Trinajstić information content (AvgIpc) is 2.53. The lowest BCUT2D eigenvalue weighted by Crippen LogP contribution is -2.27. The van der Waals surface area contributed by atoms with E-state index < -0.39 is 11.5 Å². The van der Waals surface area contributed by atoms with Crippen molar-refractivity contribution in [2.45, 2.75) is 17.9 Å². The summed E-state index contributed by atoms with van der Waals surface area (Å²) in [6.45, 7) is 0. The van der Waals surface area contributed by atoms with Gasteiger partial charge < -0.3 is 5.73 Å². The second-order valence-corrected chi connectivity index (χ2v) is 4.19. The van der Waals surface area contributed by atoms with E-state index in [0.717, 1.165) is 0 Å². The average molecular weight is 285 g/mol. The van der Waals surface area contributed by atoms with Crippen molar-refractivity contribution in [1.82, 2.24) is 0 Å². The zero-order valence-electron chi connectivity index (χ0n) is 7.14. The van der Waals surface area contributed by atoms with Gasteiger partial charge in [0.25, 0.3) is 5.92 Å². The van der Waals surface area contributed by atoms with Gasteiger partial charge in [-0.3, -0.25) is 0 Å². The van der Waals surface area contributed by atoms with Crippen molar-refractivity contribution < 1.29 is 8.78 Å². The van der Waals surface area contributed by atoms with E-state index in [0.29, 0.717) is 10.0 Å². The maximum atomic E-state index is 12.9. The van der Waals surface area contributed by atoms with Crippen LogP contribution < -0.4 is 5.73 Å². The largest absolute Gasteiger partial charge is 0.316 e. The molecule has 1 aliphatic rings. The van der Waals surface area contributed by atoms with Gasteiger partial charge in [-0.1, -0.05) is 34.1 Å². The number of hydrogen-bond donors (Lipinski definition) is 1. The Balaban J connectivity index is 0.000000980. The molecule has 0 radical (unpaired) electrons. The minimum atomic E-state index is -2.75. The molecule has 1 saturated carbocycles. The normalized spacial score (nSPS) is 28.0. The van der Waals surface area contributed by atoms with Gasteiger partial charge in [0.2, 0.25) is 0 Å². The maximum absolute atomic E-state index is 12.9. The molecular formula is C9H9BrClF2N. The second kappa shape index (κ2) is 3.43. The van der Waals surface area contributed by atoms with Crippen LogP contribution in [-0.4, -0.2) is 5.92 Å². The van der Waals surface area contributed by atoms with E-state index in [4.69, 9.17) is 5.73 Å². The Morgan fingerprint density at radius 3 is 2.21 bits per heavy atom. The van der Waals surface area contributed by atoms with E-state index in [-0.39, 0.29) is 18.8 Å². The summed E-state index contributed by atoms with van der Waals surface area (Å²) in [5.74, 6) is -2.75. The fourth-order valence-electron chi connectivity index (χ4n) is 1.42. The summed E-state index contributed by atoms with van der Waals surface area (Å²) in [5.41, 5.74) is 4.60. The number of halogens is 4. The van der Waals surface area contributed by atoms with E-state index in [1.165, 1.54) is 0 Å². The third-order valence-electron chi connectivity index (χ3n) is 2.38. The van der Waals surface area contributed by atoms with E-state index in [2.05, 4.69) is 15.9 Å². The highest BCUT2D eigenvalue weighted by Crippen LogP contribution is 2.58. The number of hydrogen-bond acceptors (Lipinski definition) is 1. The quantitative estimate of drug-likeness (QED) is 0.843. The summed E-state index contributed by atoms with van der Waals surface area (Å²) in [6, 6.07) is 6.84. The van der Waals surface area contributed by atoms with Crippen molar-refractivity contribution >= 4 is 28.3 Å². The van der Waals surface area contributed by atoms with Crippen LogP contribution in [0.15, 0.2) is 28.7 Å². The molecule has 1 aromatic rings. The molecular weight excluding hydrogens is 275 g/mol. The summed E-state index contributed by atoms with van der Waals surface area (Å²) < 4.78 is 26.4. The molecule has 0 bridgehead atoms. The second-order valence-electron chi connectivity index (χ2n) is 3.33. The molecule has 0 saturated heterocycles. The molecule has 78 valence electrons. The Kier molecular flexibility index (Phi) is 2.91. The van der Waals surface area contributed by atoms with Crippen LogP contribution in [0.4, 0.5) is 8.78 Å². The van der Waals surface area contributed by atoms with Crippen LogP contribution in [0.2, 0.25) is 0 Å². The highest BCUT2D eigenvalue weighted by Gasteiger charge is 2.70. The first-order valence-corrected chi connectivity index (χ1v) is 4.68. The molecule has 1 aromatic carbocycles. The minimum Gasteiger partial charge on any atom is -0.316 e. The summed E-state index contributed by atoms with van der Waals surface area (Å²) in [7, 11) is 0. The Bertz CT molecular complexity index is 358. The van der Waals surface area contributed by atoms with Gasteiger partial charge in [0, 0.05) is 10.9 Å². The van der Waals surface area contributed by atoms with E-state index in [1.54, 1.807) is 24.3 Å². The van der Waals surface area contributed by atoms with Gasteiger partial charge in [0.1, 0.15) is 5.54 Å². The fraction of sp³-hybridized carbons (Fsp3) is 0.333. The van der Waals surface area contributed by atoms with Gasteiger partial charge >= 0.3 is 0 Å². The van der Waals surface area contributed by atoms with Gasteiger partial charge in [-0.25, -0.2) is 8.78 Å². The molecule has 1 fully saturated rings. The number of benzene rings is 1.